The quantitative estimate of drug-likeness (QED) is 0.169. The second-order valence-electron chi connectivity index (χ2n) is 14.7. The number of aryl methyl sites for hydroxylation is 2. The van der Waals surface area contributed by atoms with Gasteiger partial charge in [0.15, 0.2) is 0 Å². The molecule has 2 aliphatic rings. The van der Waals surface area contributed by atoms with Crippen LogP contribution in [0.3, 0.4) is 0 Å². The lowest BCUT2D eigenvalue weighted by atomic mass is 9.83. The molecule has 58 heavy (non-hydrogen) atoms. The van der Waals surface area contributed by atoms with Gasteiger partial charge in [-0.2, -0.15) is 26.3 Å². The highest BCUT2D eigenvalue weighted by atomic mass is 35.5. The van der Waals surface area contributed by atoms with Crippen LogP contribution >= 0.6 is 23.2 Å². The van der Waals surface area contributed by atoms with Crippen LogP contribution in [-0.4, -0.2) is 49.9 Å². The van der Waals surface area contributed by atoms with E-state index in [9.17, 15) is 35.9 Å². The summed E-state index contributed by atoms with van der Waals surface area (Å²) in [6, 6.07) is 9.45. The first-order chi connectivity index (χ1) is 27.2. The number of rotatable bonds is 4. The Morgan fingerprint density at radius 1 is 0.638 bits per heavy atom. The van der Waals surface area contributed by atoms with Crippen LogP contribution in [0, 0.1) is 13.8 Å². The molecular weight excluding hydrogens is 813 g/mol. The number of alkyl halides is 6. The molecule has 4 aromatic heterocycles. The van der Waals surface area contributed by atoms with Gasteiger partial charge in [0.25, 0.3) is 11.1 Å². The van der Waals surface area contributed by atoms with Gasteiger partial charge < -0.3 is 9.97 Å². The smallest absolute Gasteiger partial charge is 0.311 e. The summed E-state index contributed by atoms with van der Waals surface area (Å²) in [6.45, 7) is 7.10. The van der Waals surface area contributed by atoms with E-state index in [0.29, 0.717) is 71.2 Å². The van der Waals surface area contributed by atoms with E-state index in [1.54, 1.807) is 23.2 Å². The predicted octanol–water partition coefficient (Wildman–Crippen LogP) is 8.22. The summed E-state index contributed by atoms with van der Waals surface area (Å²) in [5, 5.41) is 17.1. The molecule has 304 valence electrons. The van der Waals surface area contributed by atoms with Gasteiger partial charge in [-0.3, -0.25) is 9.59 Å². The van der Waals surface area contributed by atoms with Crippen molar-refractivity contribution in [1.82, 2.24) is 49.9 Å². The normalized spacial score (nSPS) is 19.2. The Morgan fingerprint density at radius 3 is 1.34 bits per heavy atom. The maximum atomic E-state index is 13.0. The Balaban J connectivity index is 0.000000177. The van der Waals surface area contributed by atoms with Crippen LogP contribution in [0.5, 0.6) is 0 Å². The first-order valence-electron chi connectivity index (χ1n) is 18.0. The highest BCUT2D eigenvalue weighted by Gasteiger charge is 2.41. The van der Waals surface area contributed by atoms with Crippen molar-refractivity contribution in [2.24, 2.45) is 0 Å². The molecule has 2 atom stereocenters. The van der Waals surface area contributed by atoms with E-state index < -0.39 is 34.6 Å². The molecule has 6 heterocycles. The minimum absolute atomic E-state index is 0.0253. The topological polar surface area (TPSA) is 153 Å². The molecule has 0 bridgehead atoms. The maximum Gasteiger partial charge on any atom is 0.416 e. The number of nitrogens with one attached hydrogen (secondary N) is 2. The minimum atomic E-state index is -4.47. The van der Waals surface area contributed by atoms with E-state index >= 15 is 0 Å². The highest BCUT2D eigenvalue weighted by Crippen LogP contribution is 2.44. The van der Waals surface area contributed by atoms with E-state index in [4.69, 9.17) is 23.2 Å². The fraction of sp³-hybridized carbons (Fsp3) is 0.368. The molecule has 0 aliphatic carbocycles. The maximum absolute atomic E-state index is 13.0. The summed E-state index contributed by atoms with van der Waals surface area (Å²) in [7, 11) is 0. The van der Waals surface area contributed by atoms with Crippen molar-refractivity contribution < 1.29 is 26.3 Å². The molecule has 0 amide bonds. The standard InChI is InChI=1S/2C19H17ClF3N5O/c2*1-10-24-14(9-16(29)25-10)17-15-4-3-7-18(2,28(15)27-26-17)12-6-5-11(8-13(12)20)19(21,22)23/h2*5-6,8-9H,3-4,7H2,1-2H3,(H,24,25,29)/t2*18-/m10/s1. The van der Waals surface area contributed by atoms with E-state index in [2.05, 4.69) is 40.6 Å². The van der Waals surface area contributed by atoms with Crippen molar-refractivity contribution in [3.05, 3.63) is 125 Å². The van der Waals surface area contributed by atoms with Crippen LogP contribution < -0.4 is 11.1 Å². The molecule has 0 spiro atoms. The van der Waals surface area contributed by atoms with E-state index in [1.165, 1.54) is 24.3 Å². The van der Waals surface area contributed by atoms with Crippen LogP contribution in [0.15, 0.2) is 58.1 Å². The summed E-state index contributed by atoms with van der Waals surface area (Å²) >= 11 is 12.5. The molecule has 0 unspecified atom stereocenters. The third-order valence-corrected chi connectivity index (χ3v) is 11.2. The SMILES string of the molecule is Cc1nc(-c2nnn3c2CCC[C@@]3(C)c2ccc(C(F)(F)F)cc2Cl)cc(=O)[nH]1.Cc1nc(-c2nnn3c2CCC[C@]3(C)c2ccc(C(F)(F)F)cc2Cl)cc(=O)[nH]1. The number of nitrogens with zero attached hydrogens (tertiary/aromatic N) is 8. The summed E-state index contributed by atoms with van der Waals surface area (Å²) in [6.07, 6.45) is -4.83. The zero-order valence-corrected chi connectivity index (χ0v) is 32.8. The van der Waals surface area contributed by atoms with Gasteiger partial charge in [-0.05, 0) is 102 Å². The molecule has 0 saturated carbocycles. The number of benzene rings is 2. The molecule has 0 radical (unpaired) electrons. The van der Waals surface area contributed by atoms with Gasteiger partial charge in [0.05, 0.1) is 33.6 Å². The van der Waals surface area contributed by atoms with Crippen LogP contribution in [0.4, 0.5) is 26.3 Å². The fourth-order valence-corrected chi connectivity index (χ4v) is 8.58. The van der Waals surface area contributed by atoms with E-state index in [-0.39, 0.29) is 21.2 Å². The molecule has 12 nitrogen and oxygen atoms in total. The van der Waals surface area contributed by atoms with Crippen molar-refractivity contribution in [2.45, 2.75) is 89.7 Å². The number of aromatic amines is 2. The van der Waals surface area contributed by atoms with Gasteiger partial charge in [-0.25, -0.2) is 19.3 Å². The second-order valence-corrected chi connectivity index (χ2v) is 15.5. The number of H-pyrrole nitrogens is 2. The van der Waals surface area contributed by atoms with Gasteiger partial charge in [0, 0.05) is 22.2 Å². The van der Waals surface area contributed by atoms with Crippen LogP contribution in [-0.2, 0) is 36.3 Å². The Kier molecular flexibility index (Phi) is 10.4. The minimum Gasteiger partial charge on any atom is -0.311 e. The summed E-state index contributed by atoms with van der Waals surface area (Å²) in [5.74, 6) is 0.914. The fourth-order valence-electron chi connectivity index (χ4n) is 7.81. The van der Waals surface area contributed by atoms with Gasteiger partial charge >= 0.3 is 12.4 Å². The summed E-state index contributed by atoms with van der Waals surface area (Å²) in [5.41, 5.74) is 0.719. The Morgan fingerprint density at radius 2 is 1.02 bits per heavy atom. The zero-order chi connectivity index (χ0) is 41.9. The Hall–Kier alpha value is -5.36. The lowest BCUT2D eigenvalue weighted by Crippen LogP contribution is -2.37. The average Bonchev–Trinajstić information content (AvgIpc) is 3.77. The van der Waals surface area contributed by atoms with Crippen LogP contribution in [0.2, 0.25) is 10.0 Å². The van der Waals surface area contributed by atoms with Crippen molar-refractivity contribution in [3.8, 4) is 22.8 Å². The van der Waals surface area contributed by atoms with Crippen LogP contribution in [0.25, 0.3) is 22.8 Å². The van der Waals surface area contributed by atoms with Gasteiger partial charge in [0.2, 0.25) is 0 Å². The first kappa shape index (κ1) is 40.8. The third kappa shape index (κ3) is 7.54. The number of halogens is 8. The van der Waals surface area contributed by atoms with Gasteiger partial charge in [-0.1, -0.05) is 45.8 Å². The molecule has 0 fully saturated rings. The number of hydrogen-bond acceptors (Lipinski definition) is 8. The molecule has 8 rings (SSSR count). The van der Waals surface area contributed by atoms with Crippen molar-refractivity contribution in [1.29, 1.82) is 0 Å². The number of fused-ring (bicyclic) bond motifs is 2. The van der Waals surface area contributed by atoms with Gasteiger partial charge in [0.1, 0.15) is 34.4 Å². The zero-order valence-electron chi connectivity index (χ0n) is 31.3. The monoisotopic (exact) mass is 846 g/mol. The largest absolute Gasteiger partial charge is 0.416 e. The molecule has 2 aromatic carbocycles. The van der Waals surface area contributed by atoms with E-state index in [1.807, 2.05) is 13.8 Å². The van der Waals surface area contributed by atoms with Crippen molar-refractivity contribution in [3.63, 3.8) is 0 Å². The highest BCUT2D eigenvalue weighted by molar-refractivity contribution is 6.32. The lowest BCUT2D eigenvalue weighted by Gasteiger charge is -2.36. The molecule has 0 saturated heterocycles. The molecule has 6 aromatic rings. The third-order valence-electron chi connectivity index (χ3n) is 10.6. The molecule has 2 aliphatic heterocycles. The number of hydrogen-bond donors (Lipinski definition) is 2. The van der Waals surface area contributed by atoms with Gasteiger partial charge in [-0.15, -0.1) is 10.2 Å². The first-order valence-corrected chi connectivity index (χ1v) is 18.8. The second kappa shape index (κ2) is 14.8. The number of aromatic nitrogens is 10. The lowest BCUT2D eigenvalue weighted by molar-refractivity contribution is -0.138. The summed E-state index contributed by atoms with van der Waals surface area (Å²) in [4.78, 5) is 37.5. The molecule has 20 heteroatoms. The Bertz CT molecular complexity index is 2490. The predicted molar refractivity (Wildman–Crippen MR) is 202 cm³/mol. The van der Waals surface area contributed by atoms with Crippen molar-refractivity contribution in [2.75, 3.05) is 0 Å². The average molecular weight is 848 g/mol. The molecule has 2 N–H and O–H groups in total. The Labute approximate surface area is 335 Å². The molecular formula is C38H34Cl2F6N10O2. The van der Waals surface area contributed by atoms with Crippen LogP contribution in [0.1, 0.15) is 84.8 Å². The van der Waals surface area contributed by atoms with E-state index in [0.717, 1.165) is 48.5 Å². The van der Waals surface area contributed by atoms with Crippen molar-refractivity contribution >= 4 is 23.2 Å². The summed E-state index contributed by atoms with van der Waals surface area (Å²) < 4.78 is 81.5.